The number of nitrogens with zero attached hydrogens (tertiary/aromatic N) is 3. The maximum absolute atomic E-state index is 13.9. The van der Waals surface area contributed by atoms with Gasteiger partial charge in [0.25, 0.3) is 5.91 Å². The summed E-state index contributed by atoms with van der Waals surface area (Å²) in [6.45, 7) is 5.87. The molecule has 1 saturated heterocycles. The van der Waals surface area contributed by atoms with Gasteiger partial charge in [0, 0.05) is 47.2 Å². The number of hydrogen-bond acceptors (Lipinski definition) is 3. The summed E-state index contributed by atoms with van der Waals surface area (Å²) in [7, 11) is 0. The number of amides is 1. The Morgan fingerprint density at radius 3 is 2.48 bits per heavy atom. The fourth-order valence-corrected chi connectivity index (χ4v) is 6.03. The molecule has 1 aromatic heterocycles. The Kier molecular flexibility index (Phi) is 3.87. The van der Waals surface area contributed by atoms with Crippen LogP contribution in [0.3, 0.4) is 0 Å². The van der Waals surface area contributed by atoms with Gasteiger partial charge in [0.05, 0.1) is 5.56 Å². The number of aromatic nitrogens is 1. The third-order valence-electron chi connectivity index (χ3n) is 7.23. The van der Waals surface area contributed by atoms with Gasteiger partial charge < -0.3 is 9.80 Å². The minimum Gasteiger partial charge on any atom is -0.342 e. The average molecular weight is 428 g/mol. The topological polar surface area (TPSA) is 36.4 Å². The van der Waals surface area contributed by atoms with Crippen LogP contribution in [0, 0.1) is 0 Å². The first kappa shape index (κ1) is 18.6. The molecule has 2 aromatic carbocycles. The number of benzene rings is 2. The molecule has 0 radical (unpaired) electrons. The van der Waals surface area contributed by atoms with Crippen molar-refractivity contribution < 1.29 is 4.79 Å². The number of rotatable bonds is 2. The van der Waals surface area contributed by atoms with E-state index in [0.29, 0.717) is 17.1 Å². The summed E-state index contributed by atoms with van der Waals surface area (Å²) >= 11 is 6.26. The fourth-order valence-electron chi connectivity index (χ4n) is 5.91. The molecule has 5 heteroatoms. The zero-order valence-electron chi connectivity index (χ0n) is 17.1. The van der Waals surface area contributed by atoms with E-state index in [4.69, 9.17) is 11.6 Å². The SMILES string of the molecule is C=C1c2ccccc2C2(CC2)C2(c3ccc(Cl)cc3)N1CCN2C(=O)c1cccnc1. The second-order valence-corrected chi connectivity index (χ2v) is 9.04. The Morgan fingerprint density at radius 2 is 1.77 bits per heavy atom. The number of hydrogen-bond donors (Lipinski definition) is 0. The zero-order valence-corrected chi connectivity index (χ0v) is 17.8. The van der Waals surface area contributed by atoms with Crippen molar-refractivity contribution >= 4 is 23.2 Å². The van der Waals surface area contributed by atoms with Gasteiger partial charge in [-0.25, -0.2) is 0 Å². The highest BCUT2D eigenvalue weighted by Gasteiger charge is 2.72. The summed E-state index contributed by atoms with van der Waals surface area (Å²) in [6, 6.07) is 20.2. The Bertz CT molecular complexity index is 1200. The summed E-state index contributed by atoms with van der Waals surface area (Å²) in [6.07, 6.45) is 5.40. The molecule has 1 saturated carbocycles. The third-order valence-corrected chi connectivity index (χ3v) is 7.48. The highest BCUT2D eigenvalue weighted by atomic mass is 35.5. The van der Waals surface area contributed by atoms with Gasteiger partial charge in [-0.05, 0) is 48.2 Å². The molecule has 31 heavy (non-hydrogen) atoms. The molecule has 2 aliphatic heterocycles. The molecule has 1 amide bonds. The number of pyridine rings is 1. The molecule has 1 unspecified atom stereocenters. The maximum atomic E-state index is 13.9. The van der Waals surface area contributed by atoms with E-state index in [1.165, 1.54) is 11.1 Å². The molecule has 3 aromatic rings. The van der Waals surface area contributed by atoms with Crippen LogP contribution in [-0.2, 0) is 11.1 Å². The van der Waals surface area contributed by atoms with Crippen LogP contribution in [0.25, 0.3) is 5.70 Å². The third kappa shape index (κ3) is 2.31. The molecule has 1 atom stereocenters. The van der Waals surface area contributed by atoms with E-state index in [1.54, 1.807) is 12.4 Å². The molecular weight excluding hydrogens is 406 g/mol. The molecule has 2 fully saturated rings. The van der Waals surface area contributed by atoms with E-state index in [2.05, 4.69) is 57.8 Å². The van der Waals surface area contributed by atoms with Gasteiger partial charge in [-0.15, -0.1) is 0 Å². The maximum Gasteiger partial charge on any atom is 0.257 e. The predicted octanol–water partition coefficient (Wildman–Crippen LogP) is 5.06. The van der Waals surface area contributed by atoms with Crippen LogP contribution in [0.5, 0.6) is 0 Å². The molecule has 154 valence electrons. The number of halogens is 1. The van der Waals surface area contributed by atoms with Crippen molar-refractivity contribution in [2.75, 3.05) is 13.1 Å². The monoisotopic (exact) mass is 427 g/mol. The standard InChI is InChI=1S/C26H22ClN3O/c1-18-22-6-2-3-7-23(22)25(12-13-25)26(20-8-10-21(27)11-9-20)29(18)15-16-30(26)24(31)19-5-4-14-28-17-19/h2-11,14,17H,1,12-13,15-16H2. The molecule has 3 heterocycles. The summed E-state index contributed by atoms with van der Waals surface area (Å²) in [5.74, 6) is 0.00371. The second kappa shape index (κ2) is 6.44. The summed E-state index contributed by atoms with van der Waals surface area (Å²) in [5.41, 5.74) is 4.35. The molecular formula is C26H22ClN3O. The van der Waals surface area contributed by atoms with Crippen molar-refractivity contribution in [1.82, 2.24) is 14.8 Å². The number of fused-ring (bicyclic) bond motifs is 4. The van der Waals surface area contributed by atoms with Crippen molar-refractivity contribution in [2.24, 2.45) is 0 Å². The van der Waals surface area contributed by atoms with Gasteiger partial charge in [-0.3, -0.25) is 9.78 Å². The lowest BCUT2D eigenvalue weighted by Gasteiger charge is -2.55. The first-order valence-corrected chi connectivity index (χ1v) is 11.0. The van der Waals surface area contributed by atoms with Gasteiger partial charge in [0.15, 0.2) is 5.66 Å². The highest BCUT2D eigenvalue weighted by Crippen LogP contribution is 2.69. The van der Waals surface area contributed by atoms with E-state index < -0.39 is 5.66 Å². The molecule has 1 spiro atoms. The number of carbonyl (C=O) groups excluding carboxylic acids is 1. The highest BCUT2D eigenvalue weighted by molar-refractivity contribution is 6.30. The van der Waals surface area contributed by atoms with Crippen LogP contribution in [0.4, 0.5) is 0 Å². The number of carbonyl (C=O) groups is 1. The minimum absolute atomic E-state index is 0.00371. The van der Waals surface area contributed by atoms with Crippen LogP contribution >= 0.6 is 11.6 Å². The first-order valence-electron chi connectivity index (χ1n) is 10.6. The average Bonchev–Trinajstić information content (AvgIpc) is 3.52. The summed E-state index contributed by atoms with van der Waals surface area (Å²) in [4.78, 5) is 22.5. The van der Waals surface area contributed by atoms with Gasteiger partial charge in [0.1, 0.15) is 0 Å². The van der Waals surface area contributed by atoms with Crippen LogP contribution < -0.4 is 0 Å². The van der Waals surface area contributed by atoms with Crippen molar-refractivity contribution in [3.63, 3.8) is 0 Å². The van der Waals surface area contributed by atoms with Crippen LogP contribution in [0.1, 0.15) is 39.9 Å². The Balaban J connectivity index is 1.63. The first-order chi connectivity index (χ1) is 15.1. The quantitative estimate of drug-likeness (QED) is 0.573. The lowest BCUT2D eigenvalue weighted by atomic mass is 9.71. The Labute approximate surface area is 186 Å². The van der Waals surface area contributed by atoms with Crippen molar-refractivity contribution in [3.05, 3.63) is 107 Å². The molecule has 4 nitrogen and oxygen atoms in total. The van der Waals surface area contributed by atoms with Crippen molar-refractivity contribution in [1.29, 1.82) is 0 Å². The normalized spacial score (nSPS) is 22.9. The summed E-state index contributed by atoms with van der Waals surface area (Å²) < 4.78 is 0. The fraction of sp³-hybridized carbons (Fsp3) is 0.231. The van der Waals surface area contributed by atoms with E-state index in [9.17, 15) is 4.79 Å². The van der Waals surface area contributed by atoms with Crippen LogP contribution in [0.15, 0.2) is 79.6 Å². The molecule has 0 N–H and O–H groups in total. The Morgan fingerprint density at radius 1 is 1.00 bits per heavy atom. The van der Waals surface area contributed by atoms with Crippen molar-refractivity contribution in [3.8, 4) is 0 Å². The summed E-state index contributed by atoms with van der Waals surface area (Å²) in [5, 5.41) is 0.690. The predicted molar refractivity (Wildman–Crippen MR) is 121 cm³/mol. The van der Waals surface area contributed by atoms with Gasteiger partial charge in [0.2, 0.25) is 0 Å². The van der Waals surface area contributed by atoms with E-state index in [-0.39, 0.29) is 11.3 Å². The van der Waals surface area contributed by atoms with Crippen LogP contribution in [-0.4, -0.2) is 33.8 Å². The lowest BCUT2D eigenvalue weighted by molar-refractivity contribution is 0.00363. The lowest BCUT2D eigenvalue weighted by Crippen LogP contribution is -2.61. The van der Waals surface area contributed by atoms with Gasteiger partial charge in [-0.1, -0.05) is 54.6 Å². The Hall–Kier alpha value is -3.11. The van der Waals surface area contributed by atoms with E-state index >= 15 is 0 Å². The molecule has 0 bridgehead atoms. The largest absolute Gasteiger partial charge is 0.342 e. The zero-order chi connectivity index (χ0) is 21.2. The second-order valence-electron chi connectivity index (χ2n) is 8.60. The van der Waals surface area contributed by atoms with E-state index in [0.717, 1.165) is 30.6 Å². The van der Waals surface area contributed by atoms with Crippen LogP contribution in [0.2, 0.25) is 5.02 Å². The van der Waals surface area contributed by atoms with E-state index in [1.807, 2.05) is 24.3 Å². The van der Waals surface area contributed by atoms with Crippen molar-refractivity contribution in [2.45, 2.75) is 23.9 Å². The van der Waals surface area contributed by atoms with Gasteiger partial charge >= 0.3 is 0 Å². The smallest absolute Gasteiger partial charge is 0.257 e. The minimum atomic E-state index is -0.629. The molecule has 6 rings (SSSR count). The molecule has 3 aliphatic rings. The molecule has 1 aliphatic carbocycles. The van der Waals surface area contributed by atoms with Gasteiger partial charge in [-0.2, -0.15) is 0 Å².